The summed E-state index contributed by atoms with van der Waals surface area (Å²) < 4.78 is 38.1. The van der Waals surface area contributed by atoms with E-state index in [1.807, 2.05) is 86.8 Å². The molecule has 1 aromatic heterocycles. The van der Waals surface area contributed by atoms with Crippen LogP contribution in [0.3, 0.4) is 0 Å². The van der Waals surface area contributed by atoms with E-state index in [-0.39, 0.29) is 33.4 Å². The standard InChI is InChI=1S/C50H57ClN8O6S2/c1-34-46(49(60)52-2)47(48(55(34)3)35-12-14-38(51)15-13-35)36-8-7-9-41(30-36)58-24-22-57(23-25-58)40-18-16-39(17-19-40)54-67(63,64)43-31-37-33-50(37,44(32-43)59(61)62)53-45(66-42-10-5-4-6-11-42)20-21-56-26-28-65-29-27-56/h4-19,30-31,37,44-45,53-54H,20-29,32-33H2,1-3H3,(H,52,60)/t37?,44?,45-,50?/m0/s1. The van der Waals surface area contributed by atoms with Gasteiger partial charge in [-0.15, -0.1) is 11.8 Å². The zero-order chi connectivity index (χ0) is 46.9. The first-order valence-electron chi connectivity index (χ1n) is 22.9. The molecule has 1 amide bonds. The normalized spacial score (nSPS) is 21.3. The van der Waals surface area contributed by atoms with Gasteiger partial charge < -0.3 is 24.4 Å². The van der Waals surface area contributed by atoms with Crippen LogP contribution in [0.5, 0.6) is 0 Å². The van der Waals surface area contributed by atoms with Crippen LogP contribution < -0.4 is 25.2 Å². The van der Waals surface area contributed by atoms with Gasteiger partial charge in [0.1, 0.15) is 0 Å². The van der Waals surface area contributed by atoms with Crippen molar-refractivity contribution in [3.8, 4) is 22.4 Å². The number of hydrogen-bond acceptors (Lipinski definition) is 11. The van der Waals surface area contributed by atoms with Crippen molar-refractivity contribution >= 4 is 56.4 Å². The van der Waals surface area contributed by atoms with Crippen molar-refractivity contribution in [1.82, 2.24) is 20.1 Å². The molecule has 0 radical (unpaired) electrons. The summed E-state index contributed by atoms with van der Waals surface area (Å²) in [6, 6.07) is 32.3. The molecule has 4 aromatic carbocycles. The number of piperazine rings is 1. The number of hydrogen-bond donors (Lipinski definition) is 3. The summed E-state index contributed by atoms with van der Waals surface area (Å²) in [5.74, 6) is -0.421. The molecule has 4 atom stereocenters. The Morgan fingerprint density at radius 3 is 2.27 bits per heavy atom. The molecular weight excluding hydrogens is 908 g/mol. The lowest BCUT2D eigenvalue weighted by atomic mass is 9.95. The summed E-state index contributed by atoms with van der Waals surface area (Å²) in [5, 5.41) is 19.8. The SMILES string of the molecule is CNC(=O)c1c(-c2cccc(N3CCN(c4ccc(NS(=O)(=O)C5=CC6CC6(N[C@H](CCN6CCOCC6)Sc6ccccc6)C([N+](=O)[O-])C5)cc4)CC3)c2)c(-c2ccc(Cl)cc2)n(C)c1C. The minimum Gasteiger partial charge on any atom is -0.379 e. The molecule has 1 saturated carbocycles. The van der Waals surface area contributed by atoms with Gasteiger partial charge in [0, 0.05) is 109 Å². The van der Waals surface area contributed by atoms with Crippen LogP contribution in [-0.2, 0) is 21.8 Å². The zero-order valence-electron chi connectivity index (χ0n) is 38.0. The van der Waals surface area contributed by atoms with E-state index in [4.69, 9.17) is 16.3 Å². The molecule has 17 heteroatoms. The molecule has 5 aromatic rings. The number of thioether (sulfide) groups is 1. The van der Waals surface area contributed by atoms with Gasteiger partial charge in [0.2, 0.25) is 6.04 Å². The molecule has 0 spiro atoms. The van der Waals surface area contributed by atoms with E-state index in [1.165, 1.54) is 0 Å². The quantitative estimate of drug-likeness (QED) is 0.0383. The van der Waals surface area contributed by atoms with Crippen molar-refractivity contribution in [2.24, 2.45) is 13.0 Å². The number of ether oxygens (including phenoxy) is 1. The molecule has 3 heterocycles. The van der Waals surface area contributed by atoms with Crippen LogP contribution in [0.25, 0.3) is 22.4 Å². The molecule has 3 fully saturated rings. The third-order valence-electron chi connectivity index (χ3n) is 13.8. The predicted molar refractivity (Wildman–Crippen MR) is 268 cm³/mol. The minimum atomic E-state index is -4.06. The second-order valence-corrected chi connectivity index (χ2v) is 21.2. The molecule has 4 aliphatic rings. The van der Waals surface area contributed by atoms with Gasteiger partial charge in [-0.3, -0.25) is 29.8 Å². The van der Waals surface area contributed by atoms with Gasteiger partial charge in [0.05, 0.1) is 46.7 Å². The van der Waals surface area contributed by atoms with Gasteiger partial charge in [0.15, 0.2) is 0 Å². The van der Waals surface area contributed by atoms with Crippen molar-refractivity contribution < 1.29 is 22.9 Å². The van der Waals surface area contributed by atoms with Crippen LogP contribution in [0.1, 0.15) is 35.3 Å². The van der Waals surface area contributed by atoms with E-state index in [0.717, 1.165) is 96.6 Å². The van der Waals surface area contributed by atoms with Crippen LogP contribution in [-0.4, -0.2) is 112 Å². The number of nitro groups is 1. The molecular formula is C50H57ClN8O6S2. The Hall–Kier alpha value is -5.36. The summed E-state index contributed by atoms with van der Waals surface area (Å²) in [5.41, 5.74) is 6.81. The second kappa shape index (κ2) is 19.7. The first kappa shape index (κ1) is 46.7. The van der Waals surface area contributed by atoms with Gasteiger partial charge in [-0.25, -0.2) is 8.42 Å². The van der Waals surface area contributed by atoms with E-state index < -0.39 is 21.6 Å². The number of carbonyl (C=O) groups is 1. The predicted octanol–water partition coefficient (Wildman–Crippen LogP) is 7.87. The lowest BCUT2D eigenvalue weighted by Gasteiger charge is -2.37. The molecule has 3 N–H and O–H groups in total. The number of anilines is 3. The van der Waals surface area contributed by atoms with Crippen LogP contribution >= 0.6 is 23.4 Å². The summed E-state index contributed by atoms with van der Waals surface area (Å²) in [7, 11) is -0.431. The molecule has 2 aliphatic heterocycles. The molecule has 9 rings (SSSR count). The number of morpholine rings is 1. The van der Waals surface area contributed by atoms with Crippen LogP contribution in [0, 0.1) is 23.0 Å². The zero-order valence-corrected chi connectivity index (χ0v) is 40.4. The highest BCUT2D eigenvalue weighted by Gasteiger charge is 2.67. The topological polar surface area (TPSA) is 154 Å². The van der Waals surface area contributed by atoms with E-state index in [1.54, 1.807) is 37.0 Å². The van der Waals surface area contributed by atoms with Crippen molar-refractivity contribution in [2.45, 2.75) is 48.0 Å². The largest absolute Gasteiger partial charge is 0.379 e. The molecule has 67 heavy (non-hydrogen) atoms. The van der Waals surface area contributed by atoms with Gasteiger partial charge in [-0.1, -0.05) is 60.1 Å². The first-order chi connectivity index (χ1) is 32.3. The van der Waals surface area contributed by atoms with E-state index in [0.29, 0.717) is 35.9 Å². The van der Waals surface area contributed by atoms with Crippen molar-refractivity contribution in [2.75, 3.05) is 80.6 Å². The minimum absolute atomic E-state index is 0.0624. The fourth-order valence-corrected chi connectivity index (χ4v) is 12.6. The van der Waals surface area contributed by atoms with Crippen LogP contribution in [0.4, 0.5) is 17.1 Å². The second-order valence-electron chi connectivity index (χ2n) is 17.8. The lowest BCUT2D eigenvalue weighted by molar-refractivity contribution is -0.530. The highest BCUT2D eigenvalue weighted by atomic mass is 35.5. The van der Waals surface area contributed by atoms with E-state index in [9.17, 15) is 23.3 Å². The number of aromatic nitrogens is 1. The summed E-state index contributed by atoms with van der Waals surface area (Å²) in [6.45, 7) is 8.88. The Bertz CT molecular complexity index is 2740. The van der Waals surface area contributed by atoms with E-state index >= 15 is 0 Å². The highest BCUT2D eigenvalue weighted by molar-refractivity contribution is 8.00. The van der Waals surface area contributed by atoms with Crippen molar-refractivity contribution in [3.63, 3.8) is 0 Å². The van der Waals surface area contributed by atoms with Crippen molar-refractivity contribution in [3.05, 3.63) is 141 Å². The van der Waals surface area contributed by atoms with Gasteiger partial charge in [-0.2, -0.15) is 0 Å². The van der Waals surface area contributed by atoms with Gasteiger partial charge in [0.25, 0.3) is 15.9 Å². The van der Waals surface area contributed by atoms with E-state index in [2.05, 4.69) is 52.8 Å². The number of rotatable bonds is 16. The van der Waals surface area contributed by atoms with Crippen LogP contribution in [0.15, 0.2) is 119 Å². The summed E-state index contributed by atoms with van der Waals surface area (Å²) in [6.07, 6.45) is 2.84. The Balaban J connectivity index is 0.851. The number of nitrogens with one attached hydrogen (secondary N) is 3. The number of fused-ring (bicyclic) bond motifs is 1. The Morgan fingerprint density at radius 1 is 0.910 bits per heavy atom. The summed E-state index contributed by atoms with van der Waals surface area (Å²) in [4.78, 5) is 33.9. The fourth-order valence-electron chi connectivity index (χ4n) is 10.0. The monoisotopic (exact) mass is 964 g/mol. The average Bonchev–Trinajstić information content (AvgIpc) is 4.00. The molecule has 2 aliphatic carbocycles. The van der Waals surface area contributed by atoms with Gasteiger partial charge in [-0.05, 0) is 91.6 Å². The smallest absolute Gasteiger partial charge is 0.257 e. The Morgan fingerprint density at radius 2 is 1.60 bits per heavy atom. The maximum Gasteiger partial charge on any atom is 0.257 e. The molecule has 0 bridgehead atoms. The summed E-state index contributed by atoms with van der Waals surface area (Å²) >= 11 is 7.92. The first-order valence-corrected chi connectivity index (χ1v) is 25.6. The maximum atomic E-state index is 13.9. The highest BCUT2D eigenvalue weighted by Crippen LogP contribution is 2.55. The number of amides is 1. The lowest BCUT2D eigenvalue weighted by Crippen LogP contribution is -2.53. The number of halogens is 1. The van der Waals surface area contributed by atoms with Crippen LogP contribution in [0.2, 0.25) is 5.02 Å². The molecule has 2 saturated heterocycles. The molecule has 14 nitrogen and oxygen atoms in total. The Labute approximate surface area is 401 Å². The Kier molecular flexibility index (Phi) is 13.7. The number of nitrogens with zero attached hydrogens (tertiary/aromatic N) is 5. The third-order valence-corrected chi connectivity index (χ3v) is 16.8. The number of sulfonamides is 1. The number of benzene rings is 4. The van der Waals surface area contributed by atoms with Crippen molar-refractivity contribution in [1.29, 1.82) is 0 Å². The fraction of sp³-hybridized carbons (Fsp3) is 0.380. The maximum absolute atomic E-state index is 13.9. The number of carbonyl (C=O) groups excluding carboxylic acids is 1. The van der Waals surface area contributed by atoms with Gasteiger partial charge >= 0.3 is 0 Å². The third kappa shape index (κ3) is 9.97. The molecule has 352 valence electrons. The average molecular weight is 966 g/mol. The molecule has 3 unspecified atom stereocenters.